The lowest BCUT2D eigenvalue weighted by atomic mass is 9.91. The number of nitrogen functional groups attached to an aromatic ring is 1. The quantitative estimate of drug-likeness (QED) is 0.669. The maximum Gasteiger partial charge on any atom is 0.131 e. The molecule has 0 radical (unpaired) electrons. The molecule has 1 aliphatic heterocycles. The van der Waals surface area contributed by atoms with E-state index in [2.05, 4.69) is 15.3 Å². The van der Waals surface area contributed by atoms with Crippen molar-refractivity contribution in [2.75, 3.05) is 30.9 Å². The predicted molar refractivity (Wildman–Crippen MR) is 59.9 cm³/mol. The Balaban J connectivity index is 2.11. The van der Waals surface area contributed by atoms with E-state index in [-0.39, 0.29) is 12.1 Å². The van der Waals surface area contributed by atoms with Gasteiger partial charge in [-0.25, -0.2) is 9.97 Å². The van der Waals surface area contributed by atoms with Gasteiger partial charge < -0.3 is 20.9 Å². The van der Waals surface area contributed by atoms with Crippen LogP contribution in [-0.4, -0.2) is 40.4 Å². The minimum absolute atomic E-state index is 0.0558. The van der Waals surface area contributed by atoms with E-state index in [9.17, 15) is 5.11 Å². The Morgan fingerprint density at radius 1 is 1.44 bits per heavy atom. The summed E-state index contributed by atoms with van der Waals surface area (Å²) in [6.07, 6.45) is 2.92. The van der Waals surface area contributed by atoms with Crippen molar-refractivity contribution in [1.82, 2.24) is 9.97 Å². The summed E-state index contributed by atoms with van der Waals surface area (Å²) < 4.78 is 5.28. The number of hydrogen-bond acceptors (Lipinski definition) is 6. The van der Waals surface area contributed by atoms with Crippen molar-refractivity contribution >= 4 is 11.6 Å². The first kappa shape index (κ1) is 11.1. The van der Waals surface area contributed by atoms with Gasteiger partial charge in [0.25, 0.3) is 0 Å². The molecular weight excluding hydrogens is 208 g/mol. The zero-order valence-corrected chi connectivity index (χ0v) is 9.02. The highest BCUT2D eigenvalue weighted by molar-refractivity contribution is 5.45. The third kappa shape index (κ3) is 2.40. The Bertz CT molecular complexity index is 352. The number of aliphatic hydroxyl groups excluding tert-OH is 1. The van der Waals surface area contributed by atoms with Crippen LogP contribution in [0.5, 0.6) is 0 Å². The second-order valence-electron chi connectivity index (χ2n) is 4.00. The van der Waals surface area contributed by atoms with E-state index in [1.165, 1.54) is 6.33 Å². The van der Waals surface area contributed by atoms with Gasteiger partial charge in [-0.3, -0.25) is 0 Å². The fourth-order valence-electron chi connectivity index (χ4n) is 1.80. The molecule has 1 aromatic heterocycles. The molecule has 1 aromatic rings. The summed E-state index contributed by atoms with van der Waals surface area (Å²) in [6, 6.07) is 1.66. The highest BCUT2D eigenvalue weighted by Gasteiger charge is 2.32. The fourth-order valence-corrected chi connectivity index (χ4v) is 1.80. The van der Waals surface area contributed by atoms with Crippen molar-refractivity contribution in [2.24, 2.45) is 0 Å². The normalized spacial score (nSPS) is 19.3. The van der Waals surface area contributed by atoms with E-state index in [1.54, 1.807) is 6.07 Å². The fraction of sp³-hybridized carbons (Fsp3) is 0.600. The number of hydrogen-bond donors (Lipinski definition) is 3. The van der Waals surface area contributed by atoms with Crippen LogP contribution >= 0.6 is 0 Å². The van der Waals surface area contributed by atoms with Gasteiger partial charge in [0.05, 0.1) is 12.1 Å². The van der Waals surface area contributed by atoms with E-state index in [1.807, 2.05) is 0 Å². The van der Waals surface area contributed by atoms with Gasteiger partial charge in [-0.15, -0.1) is 0 Å². The van der Waals surface area contributed by atoms with E-state index in [4.69, 9.17) is 10.5 Å². The van der Waals surface area contributed by atoms with Crippen LogP contribution in [0.1, 0.15) is 12.8 Å². The number of nitrogens with zero attached hydrogens (tertiary/aromatic N) is 2. The molecule has 6 nitrogen and oxygen atoms in total. The summed E-state index contributed by atoms with van der Waals surface area (Å²) in [4.78, 5) is 7.89. The van der Waals surface area contributed by atoms with Crippen molar-refractivity contribution in [3.8, 4) is 0 Å². The SMILES string of the molecule is Nc1cc(NC2(CO)CCOCC2)ncn1. The molecule has 88 valence electrons. The van der Waals surface area contributed by atoms with Crippen LogP contribution < -0.4 is 11.1 Å². The molecule has 0 aliphatic carbocycles. The lowest BCUT2D eigenvalue weighted by Gasteiger charge is -2.36. The zero-order chi connectivity index (χ0) is 11.4. The van der Waals surface area contributed by atoms with Crippen LogP contribution in [0.15, 0.2) is 12.4 Å². The summed E-state index contributed by atoms with van der Waals surface area (Å²) in [6.45, 7) is 1.35. The maximum atomic E-state index is 9.48. The summed E-state index contributed by atoms with van der Waals surface area (Å²) in [5.74, 6) is 1.06. The molecule has 0 bridgehead atoms. The lowest BCUT2D eigenvalue weighted by molar-refractivity contribution is 0.0378. The first-order valence-electron chi connectivity index (χ1n) is 5.28. The number of nitrogens with one attached hydrogen (secondary N) is 1. The van der Waals surface area contributed by atoms with Crippen LogP contribution in [0.2, 0.25) is 0 Å². The van der Waals surface area contributed by atoms with E-state index >= 15 is 0 Å². The van der Waals surface area contributed by atoms with Crippen LogP contribution in [0.25, 0.3) is 0 Å². The minimum Gasteiger partial charge on any atom is -0.394 e. The molecule has 2 rings (SSSR count). The molecule has 0 spiro atoms. The molecule has 1 aliphatic rings. The molecule has 0 aromatic carbocycles. The van der Waals surface area contributed by atoms with E-state index in [0.29, 0.717) is 24.8 Å². The number of nitrogens with two attached hydrogens (primary N) is 1. The summed E-state index contributed by atoms with van der Waals surface area (Å²) in [5.41, 5.74) is 5.22. The zero-order valence-electron chi connectivity index (χ0n) is 9.02. The number of rotatable bonds is 3. The Morgan fingerprint density at radius 2 is 2.19 bits per heavy atom. The largest absolute Gasteiger partial charge is 0.394 e. The Morgan fingerprint density at radius 3 is 2.81 bits per heavy atom. The van der Waals surface area contributed by atoms with Crippen LogP contribution in [-0.2, 0) is 4.74 Å². The van der Waals surface area contributed by atoms with Crippen molar-refractivity contribution in [1.29, 1.82) is 0 Å². The molecule has 0 atom stereocenters. The average Bonchev–Trinajstić information content (AvgIpc) is 2.30. The number of anilines is 2. The predicted octanol–water partition coefficient (Wildman–Crippen LogP) is 0.0122. The average molecular weight is 224 g/mol. The van der Waals surface area contributed by atoms with Crippen molar-refractivity contribution in [3.05, 3.63) is 12.4 Å². The Labute approximate surface area is 93.9 Å². The molecule has 0 unspecified atom stereocenters. The Kier molecular flexibility index (Phi) is 3.21. The monoisotopic (exact) mass is 224 g/mol. The van der Waals surface area contributed by atoms with Gasteiger partial charge in [0, 0.05) is 19.3 Å². The topological polar surface area (TPSA) is 93.3 Å². The second-order valence-corrected chi connectivity index (χ2v) is 4.00. The van der Waals surface area contributed by atoms with Crippen LogP contribution in [0, 0.1) is 0 Å². The highest BCUT2D eigenvalue weighted by atomic mass is 16.5. The van der Waals surface area contributed by atoms with Crippen LogP contribution in [0.4, 0.5) is 11.6 Å². The van der Waals surface area contributed by atoms with Gasteiger partial charge in [-0.05, 0) is 12.8 Å². The summed E-state index contributed by atoms with van der Waals surface area (Å²) in [5, 5.41) is 12.7. The molecule has 16 heavy (non-hydrogen) atoms. The smallest absolute Gasteiger partial charge is 0.131 e. The van der Waals surface area contributed by atoms with Gasteiger partial charge in [-0.2, -0.15) is 0 Å². The third-order valence-corrected chi connectivity index (χ3v) is 2.83. The summed E-state index contributed by atoms with van der Waals surface area (Å²) >= 11 is 0. The van der Waals surface area contributed by atoms with Crippen molar-refractivity contribution < 1.29 is 9.84 Å². The second kappa shape index (κ2) is 4.63. The van der Waals surface area contributed by atoms with E-state index < -0.39 is 0 Å². The Hall–Kier alpha value is -1.40. The first-order chi connectivity index (χ1) is 7.74. The van der Waals surface area contributed by atoms with Gasteiger partial charge in [0.2, 0.25) is 0 Å². The third-order valence-electron chi connectivity index (χ3n) is 2.83. The lowest BCUT2D eigenvalue weighted by Crippen LogP contribution is -2.47. The maximum absolute atomic E-state index is 9.48. The van der Waals surface area contributed by atoms with Gasteiger partial charge in [0.1, 0.15) is 18.0 Å². The molecule has 0 amide bonds. The van der Waals surface area contributed by atoms with E-state index in [0.717, 1.165) is 12.8 Å². The molecule has 1 fully saturated rings. The number of aliphatic hydroxyl groups is 1. The first-order valence-corrected chi connectivity index (χ1v) is 5.28. The van der Waals surface area contributed by atoms with Crippen molar-refractivity contribution in [3.63, 3.8) is 0 Å². The summed E-state index contributed by atoms with van der Waals surface area (Å²) in [7, 11) is 0. The standard InChI is InChI=1S/C10H16N4O2/c11-8-5-9(13-7-12-8)14-10(6-15)1-3-16-4-2-10/h5,7,15H,1-4,6H2,(H3,11,12,13,14). The molecule has 2 heterocycles. The van der Waals surface area contributed by atoms with Gasteiger partial charge >= 0.3 is 0 Å². The number of ether oxygens (including phenoxy) is 1. The van der Waals surface area contributed by atoms with Crippen LogP contribution in [0.3, 0.4) is 0 Å². The van der Waals surface area contributed by atoms with Gasteiger partial charge in [0.15, 0.2) is 0 Å². The molecule has 6 heteroatoms. The highest BCUT2D eigenvalue weighted by Crippen LogP contribution is 2.24. The van der Waals surface area contributed by atoms with Gasteiger partial charge in [-0.1, -0.05) is 0 Å². The van der Waals surface area contributed by atoms with Crippen molar-refractivity contribution in [2.45, 2.75) is 18.4 Å². The number of aromatic nitrogens is 2. The molecular formula is C10H16N4O2. The minimum atomic E-state index is -0.348. The molecule has 4 N–H and O–H groups in total. The molecule has 1 saturated heterocycles. The molecule has 0 saturated carbocycles.